The Bertz CT molecular complexity index is 1030. The predicted molar refractivity (Wildman–Crippen MR) is 104 cm³/mol. The summed E-state index contributed by atoms with van der Waals surface area (Å²) in [6.45, 7) is 0.448. The molecule has 1 aliphatic carbocycles. The number of aliphatic imine (C=N–C) groups is 1. The highest BCUT2D eigenvalue weighted by Crippen LogP contribution is 2.81. The number of methoxy groups -OCH3 is 2. The molecular formula is C22H20N4O3. The molecule has 7 heteroatoms. The zero-order chi connectivity index (χ0) is 20.7. The molecule has 7 nitrogen and oxygen atoms in total. The van der Waals surface area contributed by atoms with Crippen LogP contribution in [0.5, 0.6) is 5.75 Å². The summed E-state index contributed by atoms with van der Waals surface area (Å²) in [5.74, 6) is -1.40. The van der Waals surface area contributed by atoms with Gasteiger partial charge in [0.05, 0.1) is 12.1 Å². The van der Waals surface area contributed by atoms with E-state index in [2.05, 4.69) is 17.1 Å². The van der Waals surface area contributed by atoms with Gasteiger partial charge in [-0.05, 0) is 23.3 Å². The van der Waals surface area contributed by atoms with Crippen molar-refractivity contribution < 1.29 is 14.2 Å². The van der Waals surface area contributed by atoms with Crippen LogP contribution in [0, 0.1) is 33.5 Å². The summed E-state index contributed by atoms with van der Waals surface area (Å²) in [5, 5.41) is 20.0. The molecule has 2 aromatic rings. The molecule has 3 atom stereocenters. The van der Waals surface area contributed by atoms with Crippen molar-refractivity contribution in [1.82, 2.24) is 0 Å². The van der Waals surface area contributed by atoms with E-state index in [0.29, 0.717) is 12.4 Å². The third-order valence-corrected chi connectivity index (χ3v) is 5.94. The molecule has 1 saturated carbocycles. The first-order valence-corrected chi connectivity index (χ1v) is 9.10. The lowest BCUT2D eigenvalue weighted by Crippen LogP contribution is -2.41. The Morgan fingerprint density at radius 3 is 2.21 bits per heavy atom. The summed E-state index contributed by atoms with van der Waals surface area (Å²) in [7, 11) is 2.78. The van der Waals surface area contributed by atoms with Crippen molar-refractivity contribution in [2.75, 3.05) is 14.2 Å². The molecule has 0 bridgehead atoms. The maximum Gasteiger partial charge on any atom is 0.292 e. The number of hydrogen-bond acceptors (Lipinski definition) is 7. The fraction of sp³-hybridized carbons (Fsp3) is 0.318. The molecule has 0 amide bonds. The van der Waals surface area contributed by atoms with Crippen LogP contribution in [-0.2, 0) is 16.1 Å². The largest absolute Gasteiger partial charge is 0.489 e. The number of ether oxygens (including phenoxy) is 3. The minimum Gasteiger partial charge on any atom is -0.489 e. The SMILES string of the molecule is COC1(OC)N=C(N)[C@]2(C#N)[C@H](c3ccc(OCc4ccccc4)cc3)[C@]12C#N. The van der Waals surface area contributed by atoms with Gasteiger partial charge in [0.1, 0.15) is 23.6 Å². The molecule has 0 saturated heterocycles. The highest BCUT2D eigenvalue weighted by Gasteiger charge is 2.93. The van der Waals surface area contributed by atoms with Crippen molar-refractivity contribution in [1.29, 1.82) is 10.5 Å². The van der Waals surface area contributed by atoms with Gasteiger partial charge in [-0.25, -0.2) is 4.99 Å². The van der Waals surface area contributed by atoms with Crippen LogP contribution in [0.4, 0.5) is 0 Å². The van der Waals surface area contributed by atoms with Crippen LogP contribution >= 0.6 is 0 Å². The molecule has 4 rings (SSSR count). The monoisotopic (exact) mass is 388 g/mol. The third-order valence-electron chi connectivity index (χ3n) is 5.94. The van der Waals surface area contributed by atoms with Gasteiger partial charge in [0.2, 0.25) is 0 Å². The summed E-state index contributed by atoms with van der Waals surface area (Å²) in [4.78, 5) is 4.21. The molecule has 2 aliphatic rings. The smallest absolute Gasteiger partial charge is 0.292 e. The summed E-state index contributed by atoms with van der Waals surface area (Å²) >= 11 is 0. The number of hydrogen-bond donors (Lipinski definition) is 1. The average molecular weight is 388 g/mol. The Balaban J connectivity index is 1.63. The van der Waals surface area contributed by atoms with Gasteiger partial charge < -0.3 is 19.9 Å². The van der Waals surface area contributed by atoms with Crippen LogP contribution in [0.25, 0.3) is 0 Å². The van der Waals surface area contributed by atoms with Crippen molar-refractivity contribution in [3.8, 4) is 17.9 Å². The second kappa shape index (κ2) is 6.59. The first-order valence-electron chi connectivity index (χ1n) is 9.10. The van der Waals surface area contributed by atoms with E-state index >= 15 is 0 Å². The van der Waals surface area contributed by atoms with Crippen molar-refractivity contribution in [2.45, 2.75) is 18.4 Å². The van der Waals surface area contributed by atoms with Gasteiger partial charge in [0.15, 0.2) is 5.41 Å². The lowest BCUT2D eigenvalue weighted by Gasteiger charge is -2.29. The average Bonchev–Trinajstić information content (AvgIpc) is 3.35. The molecule has 2 aromatic carbocycles. The Hall–Kier alpha value is -3.39. The molecule has 29 heavy (non-hydrogen) atoms. The van der Waals surface area contributed by atoms with Crippen LogP contribution in [0.15, 0.2) is 59.6 Å². The normalized spacial score (nSPS) is 28.6. The Labute approximate surface area is 168 Å². The number of fused-ring (bicyclic) bond motifs is 1. The lowest BCUT2D eigenvalue weighted by molar-refractivity contribution is -0.230. The van der Waals surface area contributed by atoms with Gasteiger partial charge in [0.25, 0.3) is 5.91 Å². The standard InChI is InChI=1S/C22H20N4O3/c1-27-22(28-2)21(14-24)18(20(21,13-23)19(25)26-22)16-8-10-17(11-9-16)29-12-15-6-4-3-5-7-15/h3-11,18H,12H2,1-2H3,(H2,25,26)/t18-,20-,21-/m0/s1. The molecule has 146 valence electrons. The van der Waals surface area contributed by atoms with Gasteiger partial charge in [-0.15, -0.1) is 0 Å². The summed E-state index contributed by atoms with van der Waals surface area (Å²) < 4.78 is 16.8. The zero-order valence-corrected chi connectivity index (χ0v) is 16.1. The first-order chi connectivity index (χ1) is 14.0. The van der Waals surface area contributed by atoms with E-state index in [1.54, 1.807) is 0 Å². The van der Waals surface area contributed by atoms with Crippen LogP contribution in [0.3, 0.4) is 0 Å². The first kappa shape index (κ1) is 18.9. The lowest BCUT2D eigenvalue weighted by atomic mass is 9.93. The molecule has 0 aromatic heterocycles. The van der Waals surface area contributed by atoms with Gasteiger partial charge >= 0.3 is 0 Å². The van der Waals surface area contributed by atoms with Crippen LogP contribution in [0.2, 0.25) is 0 Å². The minimum absolute atomic E-state index is 0.0552. The van der Waals surface area contributed by atoms with Crippen LogP contribution in [-0.4, -0.2) is 26.0 Å². The fourth-order valence-electron chi connectivity index (χ4n) is 4.52. The number of rotatable bonds is 6. The van der Waals surface area contributed by atoms with Crippen LogP contribution in [0.1, 0.15) is 17.0 Å². The summed E-state index contributed by atoms with van der Waals surface area (Å²) in [6.07, 6.45) is 0. The number of nitriles is 2. The molecule has 2 N–H and O–H groups in total. The summed E-state index contributed by atoms with van der Waals surface area (Å²) in [5.41, 5.74) is 5.31. The second-order valence-electron chi connectivity index (χ2n) is 7.10. The zero-order valence-electron chi connectivity index (χ0n) is 16.1. The molecule has 1 aliphatic heterocycles. The van der Waals surface area contributed by atoms with E-state index in [1.807, 2.05) is 54.6 Å². The van der Waals surface area contributed by atoms with E-state index in [-0.39, 0.29) is 5.84 Å². The highest BCUT2D eigenvalue weighted by atomic mass is 16.7. The van der Waals surface area contributed by atoms with Gasteiger partial charge in [0, 0.05) is 20.1 Å². The Morgan fingerprint density at radius 2 is 1.66 bits per heavy atom. The number of benzene rings is 2. The second-order valence-corrected chi connectivity index (χ2v) is 7.10. The maximum atomic E-state index is 10.1. The quantitative estimate of drug-likeness (QED) is 0.761. The maximum absolute atomic E-state index is 10.1. The number of nitrogens with two attached hydrogens (primary N) is 1. The summed E-state index contributed by atoms with van der Waals surface area (Å²) in [6, 6.07) is 21.6. The van der Waals surface area contributed by atoms with E-state index < -0.39 is 22.7 Å². The molecule has 1 fully saturated rings. The van der Waals surface area contributed by atoms with E-state index in [9.17, 15) is 10.5 Å². The van der Waals surface area contributed by atoms with Crippen molar-refractivity contribution >= 4 is 5.84 Å². The number of nitrogens with zero attached hydrogens (tertiary/aromatic N) is 3. The van der Waals surface area contributed by atoms with Crippen LogP contribution < -0.4 is 10.5 Å². The molecule has 0 spiro atoms. The van der Waals surface area contributed by atoms with E-state index in [4.69, 9.17) is 19.9 Å². The third kappa shape index (κ3) is 2.26. The Morgan fingerprint density at radius 1 is 1.00 bits per heavy atom. The molecule has 1 heterocycles. The number of amidine groups is 1. The minimum atomic E-state index is -1.62. The van der Waals surface area contributed by atoms with Crippen molar-refractivity contribution in [2.24, 2.45) is 21.6 Å². The molecular weight excluding hydrogens is 368 g/mol. The predicted octanol–water partition coefficient (Wildman–Crippen LogP) is 2.70. The van der Waals surface area contributed by atoms with Gasteiger partial charge in [-0.3, -0.25) is 0 Å². The molecule has 0 unspecified atom stereocenters. The van der Waals surface area contributed by atoms with E-state index in [1.165, 1.54) is 14.2 Å². The van der Waals surface area contributed by atoms with Crippen molar-refractivity contribution in [3.05, 3.63) is 65.7 Å². The van der Waals surface area contributed by atoms with Gasteiger partial charge in [-0.1, -0.05) is 42.5 Å². The topological polar surface area (TPSA) is 114 Å². The van der Waals surface area contributed by atoms with E-state index in [0.717, 1.165) is 11.1 Å². The highest BCUT2D eigenvalue weighted by molar-refractivity contribution is 6.00. The molecule has 0 radical (unpaired) electrons. The fourth-order valence-corrected chi connectivity index (χ4v) is 4.52. The Kier molecular flexibility index (Phi) is 4.31. The van der Waals surface area contributed by atoms with Gasteiger partial charge in [-0.2, -0.15) is 10.5 Å². The van der Waals surface area contributed by atoms with Crippen molar-refractivity contribution in [3.63, 3.8) is 0 Å².